The summed E-state index contributed by atoms with van der Waals surface area (Å²) in [6.45, 7) is 6.90. The van der Waals surface area contributed by atoms with Crippen molar-refractivity contribution < 1.29 is 0 Å². The number of likely N-dealkylation sites (N-methyl/N-ethyl adjacent to an activating group) is 1. The van der Waals surface area contributed by atoms with Crippen LogP contribution >= 0.6 is 23.2 Å². The number of fused-ring (bicyclic) bond motifs is 1. The molecule has 5 heteroatoms. The maximum atomic E-state index is 6.31. The van der Waals surface area contributed by atoms with Crippen molar-refractivity contribution >= 4 is 34.2 Å². The summed E-state index contributed by atoms with van der Waals surface area (Å²) < 4.78 is 2.14. The average Bonchev–Trinajstić information content (AvgIpc) is 2.76. The summed E-state index contributed by atoms with van der Waals surface area (Å²) >= 11 is 12.6. The number of alkyl halides is 1. The van der Waals surface area contributed by atoms with E-state index >= 15 is 0 Å². The lowest BCUT2D eigenvalue weighted by atomic mass is 10.3. The van der Waals surface area contributed by atoms with E-state index in [2.05, 4.69) is 28.4 Å². The van der Waals surface area contributed by atoms with E-state index in [1.54, 1.807) is 0 Å². The lowest BCUT2D eigenvalue weighted by molar-refractivity contribution is 0.335. The number of hydrogen-bond acceptors (Lipinski definition) is 2. The molecule has 0 saturated heterocycles. The third kappa shape index (κ3) is 3.04. The van der Waals surface area contributed by atoms with Crippen LogP contribution in [0.3, 0.4) is 0 Å². The Hall–Kier alpha value is -0.770. The van der Waals surface area contributed by atoms with Crippen LogP contribution in [0.4, 0.5) is 0 Å². The normalized spacial score (nSPS) is 13.4. The molecule has 0 radical (unpaired) electrons. The van der Waals surface area contributed by atoms with Gasteiger partial charge in [-0.05, 0) is 32.6 Å². The molecule has 3 nitrogen and oxygen atoms in total. The molecule has 2 rings (SSSR count). The van der Waals surface area contributed by atoms with E-state index in [0.29, 0.717) is 0 Å². The first kappa shape index (κ1) is 14.6. The largest absolute Gasteiger partial charge is 0.324 e. The fourth-order valence-corrected chi connectivity index (χ4v) is 2.56. The molecule has 2 aromatic rings. The highest BCUT2D eigenvalue weighted by atomic mass is 35.5. The Bertz CT molecular complexity index is 563. The molecule has 104 valence electrons. The first-order valence-corrected chi connectivity index (χ1v) is 7.33. The topological polar surface area (TPSA) is 21.1 Å². The molecule has 1 heterocycles. The van der Waals surface area contributed by atoms with Crippen molar-refractivity contribution in [1.82, 2.24) is 14.5 Å². The average molecular weight is 300 g/mol. The van der Waals surface area contributed by atoms with Gasteiger partial charge in [0.15, 0.2) is 0 Å². The maximum absolute atomic E-state index is 6.31. The molecule has 1 atom stereocenters. The van der Waals surface area contributed by atoms with Crippen LogP contribution in [0, 0.1) is 0 Å². The monoisotopic (exact) mass is 299 g/mol. The first-order chi connectivity index (χ1) is 9.04. The fraction of sp³-hybridized carbons (Fsp3) is 0.500. The molecule has 19 heavy (non-hydrogen) atoms. The second-order valence-electron chi connectivity index (χ2n) is 4.74. The third-order valence-corrected chi connectivity index (χ3v) is 3.85. The number of rotatable bonds is 5. The molecule has 0 aliphatic rings. The summed E-state index contributed by atoms with van der Waals surface area (Å²) in [5, 5.41) is 0.600. The van der Waals surface area contributed by atoms with E-state index in [1.807, 2.05) is 25.1 Å². The Labute approximate surface area is 124 Å². The van der Waals surface area contributed by atoms with Crippen molar-refractivity contribution in [2.45, 2.75) is 25.8 Å². The smallest absolute Gasteiger partial charge is 0.127 e. The predicted molar refractivity (Wildman–Crippen MR) is 82.2 cm³/mol. The van der Waals surface area contributed by atoms with E-state index < -0.39 is 0 Å². The minimum Gasteiger partial charge on any atom is -0.324 e. The molecule has 0 aliphatic carbocycles. The highest BCUT2D eigenvalue weighted by molar-refractivity contribution is 6.35. The quantitative estimate of drug-likeness (QED) is 0.780. The molecular formula is C14H19Cl2N3. The van der Waals surface area contributed by atoms with E-state index in [0.717, 1.165) is 41.5 Å². The SMILES string of the molecule is CCN(C)CCn1c(C(C)Cl)nc2cccc(Cl)c21. The highest BCUT2D eigenvalue weighted by Crippen LogP contribution is 2.29. The fourth-order valence-electron chi connectivity index (χ4n) is 2.12. The third-order valence-electron chi connectivity index (χ3n) is 3.35. The van der Waals surface area contributed by atoms with Gasteiger partial charge in [0, 0.05) is 13.1 Å². The second kappa shape index (κ2) is 6.12. The van der Waals surface area contributed by atoms with E-state index in [4.69, 9.17) is 23.2 Å². The number of halogens is 2. The van der Waals surface area contributed by atoms with Gasteiger partial charge in [-0.15, -0.1) is 11.6 Å². The zero-order valence-electron chi connectivity index (χ0n) is 11.5. The second-order valence-corrected chi connectivity index (χ2v) is 5.80. The van der Waals surface area contributed by atoms with E-state index in [9.17, 15) is 0 Å². The summed E-state index contributed by atoms with van der Waals surface area (Å²) in [6.07, 6.45) is 0. The molecule has 1 aromatic heterocycles. The Morgan fingerprint density at radius 3 is 2.79 bits per heavy atom. The summed E-state index contributed by atoms with van der Waals surface area (Å²) in [5.41, 5.74) is 1.89. The number of imidazole rings is 1. The Morgan fingerprint density at radius 1 is 1.42 bits per heavy atom. The van der Waals surface area contributed by atoms with Crippen molar-refractivity contribution in [1.29, 1.82) is 0 Å². The van der Waals surface area contributed by atoms with Crippen molar-refractivity contribution in [3.05, 3.63) is 29.0 Å². The molecule has 0 saturated carbocycles. The van der Waals surface area contributed by atoms with Gasteiger partial charge in [0.05, 0.1) is 21.4 Å². The van der Waals surface area contributed by atoms with Crippen molar-refractivity contribution in [2.75, 3.05) is 20.1 Å². The van der Waals surface area contributed by atoms with E-state index in [-0.39, 0.29) is 5.38 Å². The van der Waals surface area contributed by atoms with Crippen LogP contribution in [-0.2, 0) is 6.54 Å². The van der Waals surface area contributed by atoms with Crippen LogP contribution < -0.4 is 0 Å². The van der Waals surface area contributed by atoms with Gasteiger partial charge >= 0.3 is 0 Å². The van der Waals surface area contributed by atoms with Crippen LogP contribution in [-0.4, -0.2) is 34.6 Å². The molecule has 1 unspecified atom stereocenters. The standard InChI is InChI=1S/C14H19Cl2N3/c1-4-18(3)8-9-19-13-11(16)6-5-7-12(13)17-14(19)10(2)15/h5-7,10H,4,8-9H2,1-3H3. The number of benzene rings is 1. The van der Waals surface area contributed by atoms with Gasteiger partial charge in [0.2, 0.25) is 0 Å². The Kier molecular flexibility index (Phi) is 4.71. The van der Waals surface area contributed by atoms with Gasteiger partial charge in [0.25, 0.3) is 0 Å². The lowest BCUT2D eigenvalue weighted by Gasteiger charge is -2.17. The minimum absolute atomic E-state index is 0.129. The van der Waals surface area contributed by atoms with Crippen molar-refractivity contribution in [2.24, 2.45) is 0 Å². The molecule has 0 N–H and O–H groups in total. The van der Waals surface area contributed by atoms with Crippen LogP contribution in [0.1, 0.15) is 25.0 Å². The molecule has 1 aromatic carbocycles. The Morgan fingerprint density at radius 2 is 2.16 bits per heavy atom. The zero-order chi connectivity index (χ0) is 14.0. The summed E-state index contributed by atoms with van der Waals surface area (Å²) in [4.78, 5) is 6.86. The minimum atomic E-state index is -0.129. The van der Waals surface area contributed by atoms with Gasteiger partial charge in [-0.2, -0.15) is 0 Å². The molecular weight excluding hydrogens is 281 g/mol. The summed E-state index contributed by atoms with van der Waals surface area (Å²) in [5.74, 6) is 0.884. The van der Waals surface area contributed by atoms with Gasteiger partial charge in [0.1, 0.15) is 5.82 Å². The molecule has 0 amide bonds. The molecule has 0 spiro atoms. The van der Waals surface area contributed by atoms with Crippen LogP contribution in [0.15, 0.2) is 18.2 Å². The first-order valence-electron chi connectivity index (χ1n) is 6.51. The van der Waals surface area contributed by atoms with Crippen LogP contribution in [0.25, 0.3) is 11.0 Å². The van der Waals surface area contributed by atoms with Gasteiger partial charge in [-0.25, -0.2) is 4.98 Å². The number of para-hydroxylation sites is 1. The Balaban J connectivity index is 2.45. The predicted octanol–water partition coefficient (Wildman–Crippen LogP) is 3.94. The summed E-state index contributed by atoms with van der Waals surface area (Å²) in [7, 11) is 2.10. The van der Waals surface area contributed by atoms with Crippen molar-refractivity contribution in [3.63, 3.8) is 0 Å². The summed E-state index contributed by atoms with van der Waals surface area (Å²) in [6, 6.07) is 5.79. The van der Waals surface area contributed by atoms with Crippen LogP contribution in [0.2, 0.25) is 5.02 Å². The molecule has 0 aliphatic heterocycles. The van der Waals surface area contributed by atoms with E-state index in [1.165, 1.54) is 0 Å². The molecule has 0 bridgehead atoms. The highest BCUT2D eigenvalue weighted by Gasteiger charge is 2.16. The maximum Gasteiger partial charge on any atom is 0.127 e. The zero-order valence-corrected chi connectivity index (χ0v) is 13.0. The number of aromatic nitrogens is 2. The van der Waals surface area contributed by atoms with Crippen molar-refractivity contribution in [3.8, 4) is 0 Å². The van der Waals surface area contributed by atoms with Gasteiger partial charge < -0.3 is 9.47 Å². The lowest BCUT2D eigenvalue weighted by Crippen LogP contribution is -2.23. The van der Waals surface area contributed by atoms with Crippen LogP contribution in [0.5, 0.6) is 0 Å². The number of hydrogen-bond donors (Lipinski definition) is 0. The van der Waals surface area contributed by atoms with Gasteiger partial charge in [-0.3, -0.25) is 0 Å². The molecule has 0 fully saturated rings. The number of nitrogens with zero attached hydrogens (tertiary/aromatic N) is 3. The van der Waals surface area contributed by atoms with Gasteiger partial charge in [-0.1, -0.05) is 24.6 Å².